The minimum atomic E-state index is 0.244. The highest BCUT2D eigenvalue weighted by molar-refractivity contribution is 7.80. The minimum absolute atomic E-state index is 0.244. The Morgan fingerprint density at radius 1 is 1.25 bits per heavy atom. The van der Waals surface area contributed by atoms with Gasteiger partial charge < -0.3 is 5.32 Å². The van der Waals surface area contributed by atoms with Gasteiger partial charge in [-0.15, -0.1) is 0 Å². The van der Waals surface area contributed by atoms with Gasteiger partial charge in [0.25, 0.3) is 0 Å². The first kappa shape index (κ1) is 12.3. The zero-order valence-electron chi connectivity index (χ0n) is 10.2. The van der Waals surface area contributed by atoms with Crippen LogP contribution in [-0.4, -0.2) is 18.2 Å². The Morgan fingerprint density at radius 2 is 1.88 bits per heavy atom. The summed E-state index contributed by atoms with van der Waals surface area (Å²) in [6.07, 6.45) is 8.17. The lowest BCUT2D eigenvalue weighted by molar-refractivity contribution is -0.122. The molecule has 3 heteroatoms. The molecule has 0 atom stereocenters. The summed E-state index contributed by atoms with van der Waals surface area (Å²) in [5.41, 5.74) is 0.733. The second-order valence-corrected chi connectivity index (χ2v) is 6.18. The van der Waals surface area contributed by atoms with E-state index >= 15 is 0 Å². The molecule has 0 bridgehead atoms. The van der Waals surface area contributed by atoms with Crippen molar-refractivity contribution >= 4 is 18.5 Å². The van der Waals surface area contributed by atoms with E-state index in [1.54, 1.807) is 0 Å². The normalized spacial score (nSPS) is 23.9. The average molecular weight is 241 g/mol. The molecule has 0 aromatic heterocycles. The molecule has 2 rings (SSSR count). The van der Waals surface area contributed by atoms with Crippen LogP contribution in [0.15, 0.2) is 0 Å². The first-order chi connectivity index (χ1) is 7.64. The summed E-state index contributed by atoms with van der Waals surface area (Å²) in [6, 6.07) is 0. The molecule has 1 amide bonds. The van der Waals surface area contributed by atoms with Crippen molar-refractivity contribution in [2.45, 2.75) is 51.9 Å². The van der Waals surface area contributed by atoms with Crippen LogP contribution >= 0.6 is 12.6 Å². The van der Waals surface area contributed by atoms with Crippen molar-refractivity contribution < 1.29 is 4.79 Å². The van der Waals surface area contributed by atoms with Crippen molar-refractivity contribution in [1.29, 1.82) is 0 Å². The van der Waals surface area contributed by atoms with Crippen molar-refractivity contribution in [3.8, 4) is 0 Å². The van der Waals surface area contributed by atoms with E-state index in [-0.39, 0.29) is 11.3 Å². The van der Waals surface area contributed by atoms with Crippen molar-refractivity contribution in [2.75, 3.05) is 12.3 Å². The van der Waals surface area contributed by atoms with Crippen LogP contribution in [0, 0.1) is 10.8 Å². The predicted molar refractivity (Wildman–Crippen MR) is 69.7 cm³/mol. The van der Waals surface area contributed by atoms with E-state index in [0.717, 1.165) is 12.3 Å². The van der Waals surface area contributed by atoms with Gasteiger partial charge in [-0.1, -0.05) is 13.3 Å². The summed E-state index contributed by atoms with van der Waals surface area (Å²) >= 11 is 4.33. The number of carbonyl (C=O) groups is 1. The van der Waals surface area contributed by atoms with Gasteiger partial charge in [0.05, 0.1) is 0 Å². The maximum atomic E-state index is 11.8. The SMILES string of the molecule is CCCC1(CNC(=O)CC2(CS)CC2)CC1. The molecular formula is C13H23NOS. The highest BCUT2D eigenvalue weighted by atomic mass is 32.1. The van der Waals surface area contributed by atoms with Gasteiger partial charge in [0.15, 0.2) is 0 Å². The number of hydrogen-bond donors (Lipinski definition) is 2. The van der Waals surface area contributed by atoms with E-state index in [4.69, 9.17) is 0 Å². The van der Waals surface area contributed by atoms with Gasteiger partial charge in [0, 0.05) is 13.0 Å². The van der Waals surface area contributed by atoms with Crippen molar-refractivity contribution in [3.05, 3.63) is 0 Å². The Hall–Kier alpha value is -0.180. The first-order valence-electron chi connectivity index (χ1n) is 6.51. The zero-order valence-corrected chi connectivity index (χ0v) is 11.1. The molecule has 2 nitrogen and oxygen atoms in total. The van der Waals surface area contributed by atoms with Gasteiger partial charge in [0.2, 0.25) is 5.91 Å². The maximum absolute atomic E-state index is 11.8. The lowest BCUT2D eigenvalue weighted by atomic mass is 10.00. The third kappa shape index (κ3) is 2.93. The molecule has 0 saturated heterocycles. The molecule has 0 unspecified atom stereocenters. The maximum Gasteiger partial charge on any atom is 0.220 e. The standard InChI is InChI=1S/C13H23NOS/c1-2-3-12(4-5-12)9-14-11(15)8-13(10-16)6-7-13/h16H,2-10H2,1H3,(H,14,15). The number of nitrogens with one attached hydrogen (secondary N) is 1. The van der Waals surface area contributed by atoms with Gasteiger partial charge >= 0.3 is 0 Å². The van der Waals surface area contributed by atoms with E-state index < -0.39 is 0 Å². The van der Waals surface area contributed by atoms with Crippen LogP contribution in [0.5, 0.6) is 0 Å². The van der Waals surface area contributed by atoms with Crippen LogP contribution in [0.1, 0.15) is 51.9 Å². The first-order valence-corrected chi connectivity index (χ1v) is 7.15. The van der Waals surface area contributed by atoms with Crippen LogP contribution in [0.25, 0.3) is 0 Å². The van der Waals surface area contributed by atoms with E-state index in [0.29, 0.717) is 11.8 Å². The zero-order chi connectivity index (χ0) is 11.6. The van der Waals surface area contributed by atoms with Crippen molar-refractivity contribution in [2.24, 2.45) is 10.8 Å². The fourth-order valence-electron chi connectivity index (χ4n) is 2.48. The molecule has 16 heavy (non-hydrogen) atoms. The summed E-state index contributed by atoms with van der Waals surface area (Å²) < 4.78 is 0. The fraction of sp³-hybridized carbons (Fsp3) is 0.923. The highest BCUT2D eigenvalue weighted by Gasteiger charge is 2.44. The number of thiol groups is 1. The second-order valence-electron chi connectivity index (χ2n) is 5.86. The molecule has 1 N–H and O–H groups in total. The van der Waals surface area contributed by atoms with Crippen LogP contribution in [0.3, 0.4) is 0 Å². The monoisotopic (exact) mass is 241 g/mol. The average Bonchev–Trinajstić information content (AvgIpc) is 3.15. The van der Waals surface area contributed by atoms with Crippen molar-refractivity contribution in [1.82, 2.24) is 5.32 Å². The number of hydrogen-bond acceptors (Lipinski definition) is 2. The van der Waals surface area contributed by atoms with Crippen LogP contribution in [0.2, 0.25) is 0 Å². The molecule has 0 aromatic rings. The van der Waals surface area contributed by atoms with Gasteiger partial charge in [-0.2, -0.15) is 12.6 Å². The van der Waals surface area contributed by atoms with E-state index in [1.807, 2.05) is 0 Å². The molecule has 2 aliphatic rings. The van der Waals surface area contributed by atoms with E-state index in [9.17, 15) is 4.79 Å². The lowest BCUT2D eigenvalue weighted by Crippen LogP contribution is -2.32. The second kappa shape index (κ2) is 4.59. The Labute approximate surface area is 104 Å². The van der Waals surface area contributed by atoms with Crippen LogP contribution in [-0.2, 0) is 4.79 Å². The van der Waals surface area contributed by atoms with Gasteiger partial charge in [-0.05, 0) is 48.7 Å². The van der Waals surface area contributed by atoms with Crippen LogP contribution < -0.4 is 5.32 Å². The quantitative estimate of drug-likeness (QED) is 0.659. The molecule has 0 spiro atoms. The van der Waals surface area contributed by atoms with Gasteiger partial charge in [-0.3, -0.25) is 4.79 Å². The summed E-state index contributed by atoms with van der Waals surface area (Å²) in [4.78, 5) is 11.8. The topological polar surface area (TPSA) is 29.1 Å². The smallest absolute Gasteiger partial charge is 0.220 e. The molecule has 0 aromatic carbocycles. The van der Waals surface area contributed by atoms with Gasteiger partial charge in [0.1, 0.15) is 0 Å². The number of carbonyl (C=O) groups excluding carboxylic acids is 1. The summed E-state index contributed by atoms with van der Waals surface area (Å²) in [7, 11) is 0. The van der Waals surface area contributed by atoms with E-state index in [1.165, 1.54) is 38.5 Å². The highest BCUT2D eigenvalue weighted by Crippen LogP contribution is 2.50. The lowest BCUT2D eigenvalue weighted by Gasteiger charge is -2.17. The Morgan fingerprint density at radius 3 is 2.31 bits per heavy atom. The largest absolute Gasteiger partial charge is 0.356 e. The summed E-state index contributed by atoms with van der Waals surface area (Å²) in [5.74, 6) is 1.11. The number of rotatable bonds is 7. The Bertz CT molecular complexity index is 269. The molecule has 0 heterocycles. The Kier molecular flexibility index (Phi) is 3.53. The Balaban J connectivity index is 1.68. The molecule has 0 aliphatic heterocycles. The van der Waals surface area contributed by atoms with Crippen LogP contribution in [0.4, 0.5) is 0 Å². The molecule has 92 valence electrons. The van der Waals surface area contributed by atoms with E-state index in [2.05, 4.69) is 24.9 Å². The molecule has 0 radical (unpaired) electrons. The predicted octanol–water partition coefficient (Wildman–Crippen LogP) is 2.78. The summed E-state index contributed by atoms with van der Waals surface area (Å²) in [5, 5.41) is 3.13. The number of amides is 1. The third-order valence-electron chi connectivity index (χ3n) is 4.23. The third-order valence-corrected chi connectivity index (χ3v) is 4.90. The molecule has 2 fully saturated rings. The molecule has 2 aliphatic carbocycles. The van der Waals surface area contributed by atoms with Gasteiger partial charge in [-0.25, -0.2) is 0 Å². The summed E-state index contributed by atoms with van der Waals surface area (Å²) in [6.45, 7) is 3.13. The molecule has 2 saturated carbocycles. The van der Waals surface area contributed by atoms with Crippen molar-refractivity contribution in [3.63, 3.8) is 0 Å². The fourth-order valence-corrected chi connectivity index (χ4v) is 2.91. The minimum Gasteiger partial charge on any atom is -0.356 e. The molecular weight excluding hydrogens is 218 g/mol.